The minimum absolute atomic E-state index is 0.146. The second-order valence-electron chi connectivity index (χ2n) is 3.80. The first-order valence-electron chi connectivity index (χ1n) is 5.46. The standard InChI is InChI=1S/C12H11FN2O4/c13-11-5-8(15(17)18)1-4-12(11)14-6-9-2-3-10(7-16)19-9/h1-5,14,16H,6-7H2. The molecule has 1 aromatic heterocycles. The molecule has 0 aliphatic carbocycles. The van der Waals surface area contributed by atoms with Crippen LogP contribution in [0.2, 0.25) is 0 Å². The summed E-state index contributed by atoms with van der Waals surface area (Å²) in [6.45, 7) is 0.0145. The molecular formula is C12H11FN2O4. The Morgan fingerprint density at radius 3 is 2.63 bits per heavy atom. The van der Waals surface area contributed by atoms with Crippen LogP contribution in [0.15, 0.2) is 34.7 Å². The van der Waals surface area contributed by atoms with E-state index in [0.29, 0.717) is 11.5 Å². The number of halogens is 1. The Morgan fingerprint density at radius 1 is 1.32 bits per heavy atom. The van der Waals surface area contributed by atoms with Crippen LogP contribution in [-0.2, 0) is 13.2 Å². The molecular weight excluding hydrogens is 255 g/mol. The van der Waals surface area contributed by atoms with Crippen molar-refractivity contribution in [1.29, 1.82) is 0 Å². The van der Waals surface area contributed by atoms with Crippen molar-refractivity contribution < 1.29 is 18.8 Å². The summed E-state index contributed by atoms with van der Waals surface area (Å²) in [5.41, 5.74) is -0.156. The lowest BCUT2D eigenvalue weighted by Gasteiger charge is -2.05. The van der Waals surface area contributed by atoms with Crippen molar-refractivity contribution in [2.24, 2.45) is 0 Å². The first-order valence-corrected chi connectivity index (χ1v) is 5.46. The van der Waals surface area contributed by atoms with Gasteiger partial charge in [-0.25, -0.2) is 4.39 Å². The van der Waals surface area contributed by atoms with Crippen molar-refractivity contribution in [3.8, 4) is 0 Å². The van der Waals surface area contributed by atoms with Crippen molar-refractivity contribution in [2.45, 2.75) is 13.2 Å². The van der Waals surface area contributed by atoms with E-state index < -0.39 is 10.7 Å². The number of benzene rings is 1. The van der Waals surface area contributed by atoms with E-state index in [2.05, 4.69) is 5.32 Å². The molecule has 0 amide bonds. The number of nitrogens with zero attached hydrogens (tertiary/aromatic N) is 1. The molecule has 0 spiro atoms. The zero-order valence-corrected chi connectivity index (χ0v) is 9.80. The van der Waals surface area contributed by atoms with E-state index in [1.165, 1.54) is 12.1 Å². The van der Waals surface area contributed by atoms with Crippen LogP contribution in [0.4, 0.5) is 15.8 Å². The molecule has 6 nitrogen and oxygen atoms in total. The Hall–Kier alpha value is -2.41. The summed E-state index contributed by atoms with van der Waals surface area (Å²) in [6.07, 6.45) is 0. The monoisotopic (exact) mass is 266 g/mol. The normalized spacial score (nSPS) is 10.4. The van der Waals surface area contributed by atoms with E-state index in [9.17, 15) is 14.5 Å². The number of aliphatic hydroxyl groups is 1. The Kier molecular flexibility index (Phi) is 3.76. The Morgan fingerprint density at radius 2 is 2.05 bits per heavy atom. The Bertz CT molecular complexity index is 597. The third kappa shape index (κ3) is 3.08. The van der Waals surface area contributed by atoms with Gasteiger partial charge in [-0.15, -0.1) is 0 Å². The van der Waals surface area contributed by atoms with E-state index in [4.69, 9.17) is 9.52 Å². The number of hydrogen-bond donors (Lipinski definition) is 2. The van der Waals surface area contributed by atoms with Gasteiger partial charge in [-0.2, -0.15) is 0 Å². The predicted octanol–water partition coefficient (Wildman–Crippen LogP) is 2.43. The summed E-state index contributed by atoms with van der Waals surface area (Å²) in [4.78, 5) is 9.80. The molecule has 7 heteroatoms. The van der Waals surface area contributed by atoms with Crippen molar-refractivity contribution in [1.82, 2.24) is 0 Å². The Balaban J connectivity index is 2.05. The zero-order chi connectivity index (χ0) is 13.8. The molecule has 0 radical (unpaired) electrons. The summed E-state index contributed by atoms with van der Waals surface area (Å²) >= 11 is 0. The van der Waals surface area contributed by atoms with E-state index >= 15 is 0 Å². The SMILES string of the molecule is O=[N+]([O-])c1ccc(NCc2ccc(CO)o2)c(F)c1. The highest BCUT2D eigenvalue weighted by atomic mass is 19.1. The first kappa shape index (κ1) is 13.0. The molecule has 100 valence electrons. The lowest BCUT2D eigenvalue weighted by atomic mass is 10.2. The average molecular weight is 266 g/mol. The fourth-order valence-corrected chi connectivity index (χ4v) is 1.55. The second kappa shape index (κ2) is 5.49. The van der Waals surface area contributed by atoms with Gasteiger partial charge in [0.1, 0.15) is 18.1 Å². The van der Waals surface area contributed by atoms with Gasteiger partial charge in [0.15, 0.2) is 5.82 Å². The molecule has 1 heterocycles. The molecule has 0 unspecified atom stereocenters. The number of hydrogen-bond acceptors (Lipinski definition) is 5. The summed E-state index contributed by atoms with van der Waals surface area (Å²) in [5, 5.41) is 22.0. The number of non-ortho nitro benzene ring substituents is 1. The highest BCUT2D eigenvalue weighted by Crippen LogP contribution is 2.21. The second-order valence-corrected chi connectivity index (χ2v) is 3.80. The zero-order valence-electron chi connectivity index (χ0n) is 9.80. The van der Waals surface area contributed by atoms with Crippen molar-refractivity contribution in [2.75, 3.05) is 5.32 Å². The lowest BCUT2D eigenvalue weighted by Crippen LogP contribution is -2.01. The van der Waals surface area contributed by atoms with Gasteiger partial charge in [0, 0.05) is 6.07 Å². The number of anilines is 1. The Labute approximate surface area is 107 Å². The van der Waals surface area contributed by atoms with E-state index in [0.717, 1.165) is 6.07 Å². The molecule has 0 saturated carbocycles. The van der Waals surface area contributed by atoms with Gasteiger partial charge in [0.25, 0.3) is 5.69 Å². The molecule has 2 rings (SSSR count). The van der Waals surface area contributed by atoms with E-state index in [1.54, 1.807) is 12.1 Å². The summed E-state index contributed by atoms with van der Waals surface area (Å²) < 4.78 is 18.8. The summed E-state index contributed by atoms with van der Waals surface area (Å²) in [6, 6.07) is 6.63. The molecule has 0 bridgehead atoms. The predicted molar refractivity (Wildman–Crippen MR) is 65.0 cm³/mol. The third-order valence-electron chi connectivity index (χ3n) is 2.49. The quantitative estimate of drug-likeness (QED) is 0.641. The van der Waals surface area contributed by atoms with Gasteiger partial charge >= 0.3 is 0 Å². The van der Waals surface area contributed by atoms with E-state index in [-0.39, 0.29) is 24.5 Å². The van der Waals surface area contributed by atoms with Crippen LogP contribution in [0.5, 0.6) is 0 Å². The fraction of sp³-hybridized carbons (Fsp3) is 0.167. The van der Waals surface area contributed by atoms with Crippen LogP contribution in [0.25, 0.3) is 0 Å². The van der Waals surface area contributed by atoms with Gasteiger partial charge in [-0.05, 0) is 18.2 Å². The maximum atomic E-state index is 13.5. The highest BCUT2D eigenvalue weighted by molar-refractivity contribution is 5.50. The molecule has 0 atom stereocenters. The number of nitro benzene ring substituents is 1. The van der Waals surface area contributed by atoms with Crippen LogP contribution >= 0.6 is 0 Å². The van der Waals surface area contributed by atoms with Crippen molar-refractivity contribution >= 4 is 11.4 Å². The fourth-order valence-electron chi connectivity index (χ4n) is 1.55. The first-order chi connectivity index (χ1) is 9.10. The van der Waals surface area contributed by atoms with Crippen molar-refractivity contribution in [3.05, 3.63) is 57.8 Å². The number of aliphatic hydroxyl groups excluding tert-OH is 1. The molecule has 2 aromatic rings. The van der Waals surface area contributed by atoms with Crippen LogP contribution in [0, 0.1) is 15.9 Å². The molecule has 19 heavy (non-hydrogen) atoms. The van der Waals surface area contributed by atoms with Gasteiger partial charge in [0.2, 0.25) is 0 Å². The molecule has 2 N–H and O–H groups in total. The van der Waals surface area contributed by atoms with Gasteiger partial charge < -0.3 is 14.8 Å². The molecule has 0 saturated heterocycles. The summed E-state index contributed by atoms with van der Waals surface area (Å²) in [7, 11) is 0. The van der Waals surface area contributed by atoms with Crippen LogP contribution in [-0.4, -0.2) is 10.0 Å². The molecule has 0 aliphatic rings. The van der Waals surface area contributed by atoms with Crippen molar-refractivity contribution in [3.63, 3.8) is 0 Å². The van der Waals surface area contributed by atoms with E-state index in [1.807, 2.05) is 0 Å². The third-order valence-corrected chi connectivity index (χ3v) is 2.49. The largest absolute Gasteiger partial charge is 0.462 e. The molecule has 0 aliphatic heterocycles. The minimum Gasteiger partial charge on any atom is -0.462 e. The molecule has 1 aromatic carbocycles. The highest BCUT2D eigenvalue weighted by Gasteiger charge is 2.10. The number of nitrogens with one attached hydrogen (secondary N) is 1. The minimum atomic E-state index is -0.705. The molecule has 0 fully saturated rings. The number of rotatable bonds is 5. The number of furan rings is 1. The maximum Gasteiger partial charge on any atom is 0.272 e. The van der Waals surface area contributed by atoms with Gasteiger partial charge in [0.05, 0.1) is 23.2 Å². The number of nitro groups is 1. The summed E-state index contributed by atoms with van der Waals surface area (Å²) in [5.74, 6) is 0.242. The van der Waals surface area contributed by atoms with Crippen LogP contribution < -0.4 is 5.32 Å². The van der Waals surface area contributed by atoms with Crippen LogP contribution in [0.1, 0.15) is 11.5 Å². The smallest absolute Gasteiger partial charge is 0.272 e. The van der Waals surface area contributed by atoms with Gasteiger partial charge in [-0.1, -0.05) is 0 Å². The lowest BCUT2D eigenvalue weighted by molar-refractivity contribution is -0.385. The maximum absolute atomic E-state index is 13.5. The average Bonchev–Trinajstić information content (AvgIpc) is 2.85. The van der Waals surface area contributed by atoms with Gasteiger partial charge in [-0.3, -0.25) is 10.1 Å². The van der Waals surface area contributed by atoms with Crippen LogP contribution in [0.3, 0.4) is 0 Å². The topological polar surface area (TPSA) is 88.5 Å².